The fraction of sp³-hybridized carbons (Fsp3) is 0.636. The molecule has 1 aromatic rings. The number of hydrogen-bond acceptors (Lipinski definition) is 5. The fourth-order valence-electron chi connectivity index (χ4n) is 1.73. The monoisotopic (exact) mass is 223 g/mol. The number of hydrogen-bond donors (Lipinski definition) is 1. The zero-order valence-corrected chi connectivity index (χ0v) is 9.48. The van der Waals surface area contributed by atoms with E-state index in [9.17, 15) is 0 Å². The molecule has 0 aromatic carbocycles. The summed E-state index contributed by atoms with van der Waals surface area (Å²) in [5.74, 6) is 1.35. The largest absolute Gasteiger partial charge is 0.481 e. The van der Waals surface area contributed by atoms with Gasteiger partial charge in [0.1, 0.15) is 12.1 Å². The predicted molar refractivity (Wildman–Crippen MR) is 60.7 cm³/mol. The van der Waals surface area contributed by atoms with Crippen molar-refractivity contribution in [1.82, 2.24) is 9.97 Å². The molecule has 0 radical (unpaired) electrons. The van der Waals surface area contributed by atoms with Gasteiger partial charge in [-0.3, -0.25) is 0 Å². The molecule has 0 spiro atoms. The maximum atomic E-state index is 5.62. The standard InChI is InChI=1S/C11H17N3O2/c1-15-11-6-10(13-8-14-11)12-7-9-4-2-3-5-16-9/h6,8-9H,2-5,7H2,1H3,(H,12,13,14). The summed E-state index contributed by atoms with van der Waals surface area (Å²) < 4.78 is 10.6. The van der Waals surface area contributed by atoms with E-state index >= 15 is 0 Å². The van der Waals surface area contributed by atoms with Gasteiger partial charge in [0.15, 0.2) is 0 Å². The van der Waals surface area contributed by atoms with Crippen molar-refractivity contribution in [2.75, 3.05) is 25.6 Å². The Bertz CT molecular complexity index is 327. The molecule has 5 heteroatoms. The Morgan fingerprint density at radius 1 is 1.50 bits per heavy atom. The second-order valence-corrected chi connectivity index (χ2v) is 3.82. The molecule has 16 heavy (non-hydrogen) atoms. The molecule has 1 aliphatic rings. The first-order valence-corrected chi connectivity index (χ1v) is 5.60. The maximum absolute atomic E-state index is 5.62. The topological polar surface area (TPSA) is 56.3 Å². The third-order valence-electron chi connectivity index (χ3n) is 2.64. The van der Waals surface area contributed by atoms with Crippen LogP contribution in [0.1, 0.15) is 19.3 Å². The van der Waals surface area contributed by atoms with E-state index in [0.29, 0.717) is 12.0 Å². The van der Waals surface area contributed by atoms with Gasteiger partial charge in [-0.05, 0) is 19.3 Å². The van der Waals surface area contributed by atoms with Gasteiger partial charge in [0.05, 0.1) is 13.2 Å². The summed E-state index contributed by atoms with van der Waals surface area (Å²) in [4.78, 5) is 8.06. The molecule has 1 unspecified atom stereocenters. The van der Waals surface area contributed by atoms with Crippen LogP contribution in [0.2, 0.25) is 0 Å². The van der Waals surface area contributed by atoms with Gasteiger partial charge < -0.3 is 14.8 Å². The Morgan fingerprint density at radius 2 is 2.44 bits per heavy atom. The van der Waals surface area contributed by atoms with Crippen molar-refractivity contribution in [2.45, 2.75) is 25.4 Å². The first kappa shape index (κ1) is 11.1. The molecule has 1 saturated heterocycles. The van der Waals surface area contributed by atoms with Crippen molar-refractivity contribution in [3.8, 4) is 5.88 Å². The quantitative estimate of drug-likeness (QED) is 0.837. The van der Waals surface area contributed by atoms with Gasteiger partial charge >= 0.3 is 0 Å². The molecule has 0 saturated carbocycles. The van der Waals surface area contributed by atoms with Crippen molar-refractivity contribution in [3.05, 3.63) is 12.4 Å². The summed E-state index contributed by atoms with van der Waals surface area (Å²) in [6, 6.07) is 1.78. The number of methoxy groups -OCH3 is 1. The third kappa shape index (κ3) is 3.06. The Hall–Kier alpha value is -1.36. The lowest BCUT2D eigenvalue weighted by atomic mass is 10.1. The lowest BCUT2D eigenvalue weighted by Gasteiger charge is -2.22. The van der Waals surface area contributed by atoms with E-state index in [1.165, 1.54) is 19.2 Å². The van der Waals surface area contributed by atoms with Crippen LogP contribution in [0.15, 0.2) is 12.4 Å². The van der Waals surface area contributed by atoms with Crippen LogP contribution in [0.5, 0.6) is 5.88 Å². The molecule has 5 nitrogen and oxygen atoms in total. The highest BCUT2D eigenvalue weighted by Gasteiger charge is 2.13. The normalized spacial score (nSPS) is 20.4. The first-order valence-electron chi connectivity index (χ1n) is 5.60. The van der Waals surface area contributed by atoms with Crippen molar-refractivity contribution < 1.29 is 9.47 Å². The number of aromatic nitrogens is 2. The molecule has 0 aliphatic carbocycles. The molecule has 88 valence electrons. The van der Waals surface area contributed by atoms with Gasteiger partial charge in [0, 0.05) is 19.2 Å². The van der Waals surface area contributed by atoms with Crippen LogP contribution < -0.4 is 10.1 Å². The molecule has 2 heterocycles. The molecule has 1 aliphatic heterocycles. The summed E-state index contributed by atoms with van der Waals surface area (Å²) in [5, 5.41) is 3.23. The van der Waals surface area contributed by atoms with Crippen molar-refractivity contribution in [3.63, 3.8) is 0 Å². The van der Waals surface area contributed by atoms with E-state index in [1.54, 1.807) is 13.2 Å². The Labute approximate surface area is 95.2 Å². The zero-order valence-electron chi connectivity index (χ0n) is 9.48. The lowest BCUT2D eigenvalue weighted by molar-refractivity contribution is 0.0247. The highest BCUT2D eigenvalue weighted by molar-refractivity contribution is 5.37. The number of anilines is 1. The molecule has 1 atom stereocenters. The minimum atomic E-state index is 0.301. The van der Waals surface area contributed by atoms with Crippen LogP contribution in [-0.4, -0.2) is 36.3 Å². The molecule has 1 N–H and O–H groups in total. The van der Waals surface area contributed by atoms with E-state index in [0.717, 1.165) is 25.4 Å². The minimum Gasteiger partial charge on any atom is -0.481 e. The Kier molecular flexibility index (Phi) is 3.93. The molecule has 2 rings (SSSR count). The van der Waals surface area contributed by atoms with Crippen LogP contribution in [0.3, 0.4) is 0 Å². The van der Waals surface area contributed by atoms with E-state index in [2.05, 4.69) is 15.3 Å². The molecule has 0 amide bonds. The molecule has 1 aromatic heterocycles. The van der Waals surface area contributed by atoms with Crippen LogP contribution in [0.25, 0.3) is 0 Å². The van der Waals surface area contributed by atoms with Gasteiger partial charge in [-0.15, -0.1) is 0 Å². The van der Waals surface area contributed by atoms with Gasteiger partial charge in [-0.2, -0.15) is 0 Å². The summed E-state index contributed by atoms with van der Waals surface area (Å²) in [7, 11) is 1.59. The van der Waals surface area contributed by atoms with Crippen LogP contribution in [0.4, 0.5) is 5.82 Å². The Morgan fingerprint density at radius 3 is 3.19 bits per heavy atom. The number of rotatable bonds is 4. The van der Waals surface area contributed by atoms with E-state index in [4.69, 9.17) is 9.47 Å². The van der Waals surface area contributed by atoms with Crippen molar-refractivity contribution >= 4 is 5.82 Å². The van der Waals surface area contributed by atoms with Gasteiger partial charge in [-0.1, -0.05) is 0 Å². The fourth-order valence-corrected chi connectivity index (χ4v) is 1.73. The molecular formula is C11H17N3O2. The minimum absolute atomic E-state index is 0.301. The van der Waals surface area contributed by atoms with Gasteiger partial charge in [0.25, 0.3) is 0 Å². The van der Waals surface area contributed by atoms with Gasteiger partial charge in [0.2, 0.25) is 5.88 Å². The molecule has 0 bridgehead atoms. The van der Waals surface area contributed by atoms with Crippen LogP contribution in [-0.2, 0) is 4.74 Å². The highest BCUT2D eigenvalue weighted by Crippen LogP contribution is 2.14. The van der Waals surface area contributed by atoms with Crippen molar-refractivity contribution in [2.24, 2.45) is 0 Å². The molecule has 1 fully saturated rings. The number of nitrogens with zero attached hydrogens (tertiary/aromatic N) is 2. The smallest absolute Gasteiger partial charge is 0.218 e. The third-order valence-corrected chi connectivity index (χ3v) is 2.64. The predicted octanol–water partition coefficient (Wildman–Crippen LogP) is 1.47. The first-order chi connectivity index (χ1) is 7.88. The summed E-state index contributed by atoms with van der Waals surface area (Å²) in [6.45, 7) is 1.67. The number of nitrogens with one attached hydrogen (secondary N) is 1. The Balaban J connectivity index is 1.83. The summed E-state index contributed by atoms with van der Waals surface area (Å²) in [5.41, 5.74) is 0. The van der Waals surface area contributed by atoms with Crippen LogP contribution >= 0.6 is 0 Å². The summed E-state index contributed by atoms with van der Waals surface area (Å²) >= 11 is 0. The van der Waals surface area contributed by atoms with Gasteiger partial charge in [-0.25, -0.2) is 9.97 Å². The second-order valence-electron chi connectivity index (χ2n) is 3.82. The van der Waals surface area contributed by atoms with E-state index in [-0.39, 0.29) is 0 Å². The SMILES string of the molecule is COc1cc(NCC2CCCCO2)ncn1. The zero-order chi connectivity index (χ0) is 11.2. The average molecular weight is 223 g/mol. The highest BCUT2D eigenvalue weighted by atomic mass is 16.5. The van der Waals surface area contributed by atoms with E-state index in [1.807, 2.05) is 0 Å². The van der Waals surface area contributed by atoms with Crippen molar-refractivity contribution in [1.29, 1.82) is 0 Å². The van der Waals surface area contributed by atoms with E-state index < -0.39 is 0 Å². The number of ether oxygens (including phenoxy) is 2. The second kappa shape index (κ2) is 5.65. The average Bonchev–Trinajstić information content (AvgIpc) is 2.38. The van der Waals surface area contributed by atoms with Crippen LogP contribution in [0, 0.1) is 0 Å². The lowest BCUT2D eigenvalue weighted by Crippen LogP contribution is -2.27. The maximum Gasteiger partial charge on any atom is 0.218 e. The molecular weight excluding hydrogens is 206 g/mol. The summed E-state index contributed by atoms with van der Waals surface area (Å²) in [6.07, 6.45) is 5.34.